The molecule has 1 atom stereocenters. The van der Waals surface area contributed by atoms with Crippen molar-refractivity contribution in [1.29, 1.82) is 0 Å². The number of imide groups is 1. The summed E-state index contributed by atoms with van der Waals surface area (Å²) in [7, 11) is 1.67. The molecule has 1 heterocycles. The van der Waals surface area contributed by atoms with Gasteiger partial charge in [-0.3, -0.25) is 14.9 Å². The highest BCUT2D eigenvalue weighted by molar-refractivity contribution is 6.19. The molecule has 0 aromatic rings. The van der Waals surface area contributed by atoms with Gasteiger partial charge in [0.25, 0.3) is 0 Å². The van der Waals surface area contributed by atoms with Crippen LogP contribution in [0.15, 0.2) is 0 Å². The summed E-state index contributed by atoms with van der Waals surface area (Å²) in [6.45, 7) is 0.611. The van der Waals surface area contributed by atoms with Crippen LogP contribution in [-0.4, -0.2) is 48.3 Å². The second kappa shape index (κ2) is 5.69. The van der Waals surface area contributed by atoms with Gasteiger partial charge in [0.05, 0.1) is 0 Å². The average molecular weight is 248 g/mol. The van der Waals surface area contributed by atoms with Crippen LogP contribution in [0.2, 0.25) is 0 Å². The third-order valence-corrected chi connectivity index (χ3v) is 2.50. The van der Waals surface area contributed by atoms with E-state index < -0.39 is 18.0 Å². The molecule has 0 spiro atoms. The molecule has 0 aliphatic carbocycles. The molecular weight excluding hydrogens is 234 g/mol. The lowest BCUT2D eigenvalue weighted by atomic mass is 10.2. The van der Waals surface area contributed by atoms with E-state index in [4.69, 9.17) is 11.6 Å². The second-order valence-corrected chi connectivity index (χ2v) is 3.94. The summed E-state index contributed by atoms with van der Waals surface area (Å²) < 4.78 is 0. The first-order valence-electron chi connectivity index (χ1n) is 4.96. The Morgan fingerprint density at radius 3 is 2.75 bits per heavy atom. The van der Waals surface area contributed by atoms with Gasteiger partial charge in [-0.2, -0.15) is 0 Å². The molecule has 1 unspecified atom stereocenters. The number of urea groups is 1. The minimum absolute atomic E-state index is 0.0769. The molecule has 0 saturated carbocycles. The zero-order valence-electron chi connectivity index (χ0n) is 8.96. The van der Waals surface area contributed by atoms with Gasteiger partial charge in [-0.15, -0.1) is 11.6 Å². The number of halogens is 1. The van der Waals surface area contributed by atoms with Gasteiger partial charge < -0.3 is 10.2 Å². The summed E-state index contributed by atoms with van der Waals surface area (Å²) in [6, 6.07) is -1.18. The van der Waals surface area contributed by atoms with Crippen LogP contribution in [0.5, 0.6) is 0 Å². The molecule has 0 bridgehead atoms. The van der Waals surface area contributed by atoms with Gasteiger partial charge in [0.1, 0.15) is 6.04 Å². The number of likely N-dealkylation sites (N-methyl/N-ethyl adjacent to an activating group) is 1. The van der Waals surface area contributed by atoms with Crippen LogP contribution in [-0.2, 0) is 9.59 Å². The number of hydrogen-bond donors (Lipinski definition) is 2. The molecule has 0 radical (unpaired) electrons. The van der Waals surface area contributed by atoms with E-state index >= 15 is 0 Å². The van der Waals surface area contributed by atoms with E-state index in [1.54, 1.807) is 7.05 Å². The number of nitrogens with one attached hydrogen (secondary N) is 2. The predicted octanol–water partition coefficient (Wildman–Crippen LogP) is -0.328. The summed E-state index contributed by atoms with van der Waals surface area (Å²) in [4.78, 5) is 35.3. The number of nitrogens with zero attached hydrogens (tertiary/aromatic N) is 1. The van der Waals surface area contributed by atoms with Gasteiger partial charge >= 0.3 is 6.03 Å². The van der Waals surface area contributed by atoms with E-state index in [-0.39, 0.29) is 18.2 Å². The molecule has 1 aliphatic rings. The molecule has 1 fully saturated rings. The quantitative estimate of drug-likeness (QED) is 0.671. The summed E-state index contributed by atoms with van der Waals surface area (Å²) in [5, 5.41) is 4.54. The molecule has 16 heavy (non-hydrogen) atoms. The van der Waals surface area contributed by atoms with E-state index in [9.17, 15) is 14.4 Å². The monoisotopic (exact) mass is 247 g/mol. The summed E-state index contributed by atoms with van der Waals surface area (Å²) in [5.41, 5.74) is 0. The van der Waals surface area contributed by atoms with Crippen molar-refractivity contribution in [3.63, 3.8) is 0 Å². The topological polar surface area (TPSA) is 78.5 Å². The largest absolute Gasteiger partial charge is 0.344 e. The minimum atomic E-state index is -0.649. The van der Waals surface area contributed by atoms with Gasteiger partial charge in [-0.1, -0.05) is 0 Å². The van der Waals surface area contributed by atoms with Crippen LogP contribution in [0.4, 0.5) is 4.79 Å². The standard InChI is InChI=1S/C9H14ClN3O3/c1-13-5-3-6(8(13)15)11-9(16)12-7(14)2-4-10/h6H,2-5H2,1H3,(H2,11,12,14,16). The van der Waals surface area contributed by atoms with E-state index in [1.165, 1.54) is 4.90 Å². The van der Waals surface area contributed by atoms with Crippen molar-refractivity contribution >= 4 is 29.4 Å². The molecule has 1 rings (SSSR count). The predicted molar refractivity (Wildman–Crippen MR) is 58.1 cm³/mol. The fraction of sp³-hybridized carbons (Fsp3) is 0.667. The molecule has 2 N–H and O–H groups in total. The van der Waals surface area contributed by atoms with Crippen LogP contribution in [0.1, 0.15) is 12.8 Å². The highest BCUT2D eigenvalue weighted by atomic mass is 35.5. The Morgan fingerprint density at radius 1 is 1.56 bits per heavy atom. The molecule has 1 aliphatic heterocycles. The summed E-state index contributed by atoms with van der Waals surface area (Å²) in [5.74, 6) is -0.434. The Bertz CT molecular complexity index is 308. The van der Waals surface area contributed by atoms with Crippen LogP contribution < -0.4 is 10.6 Å². The minimum Gasteiger partial charge on any atom is -0.344 e. The van der Waals surface area contributed by atoms with Gasteiger partial charge in [0.2, 0.25) is 11.8 Å². The molecule has 6 nitrogen and oxygen atoms in total. The zero-order valence-corrected chi connectivity index (χ0v) is 9.71. The first-order valence-corrected chi connectivity index (χ1v) is 5.49. The van der Waals surface area contributed by atoms with Crippen molar-refractivity contribution in [1.82, 2.24) is 15.5 Å². The van der Waals surface area contributed by atoms with Crippen molar-refractivity contribution in [3.05, 3.63) is 0 Å². The maximum Gasteiger partial charge on any atom is 0.322 e. The van der Waals surface area contributed by atoms with E-state index in [0.717, 1.165) is 0 Å². The fourth-order valence-corrected chi connectivity index (χ4v) is 1.60. The van der Waals surface area contributed by atoms with E-state index in [2.05, 4.69) is 10.6 Å². The van der Waals surface area contributed by atoms with Crippen LogP contribution in [0, 0.1) is 0 Å². The normalized spacial score (nSPS) is 19.8. The lowest BCUT2D eigenvalue weighted by Crippen LogP contribution is -2.47. The SMILES string of the molecule is CN1CCC(NC(=O)NC(=O)CCCl)C1=O. The third-order valence-electron chi connectivity index (χ3n) is 2.31. The smallest absolute Gasteiger partial charge is 0.322 e. The van der Waals surface area contributed by atoms with Crippen molar-refractivity contribution in [2.75, 3.05) is 19.5 Å². The number of rotatable bonds is 3. The maximum atomic E-state index is 11.4. The van der Waals surface area contributed by atoms with E-state index in [1.807, 2.05) is 0 Å². The van der Waals surface area contributed by atoms with Crippen molar-refractivity contribution in [2.45, 2.75) is 18.9 Å². The highest BCUT2D eigenvalue weighted by Gasteiger charge is 2.30. The fourth-order valence-electron chi connectivity index (χ4n) is 1.43. The Labute approximate surface area is 98.3 Å². The zero-order chi connectivity index (χ0) is 12.1. The lowest BCUT2D eigenvalue weighted by molar-refractivity contribution is -0.128. The number of carbonyl (C=O) groups excluding carboxylic acids is 3. The Morgan fingerprint density at radius 2 is 2.25 bits per heavy atom. The Kier molecular flexibility index (Phi) is 4.54. The first-order chi connectivity index (χ1) is 7.54. The maximum absolute atomic E-state index is 11.4. The number of carbonyl (C=O) groups is 3. The molecular formula is C9H14ClN3O3. The Hall–Kier alpha value is -1.30. The number of amides is 4. The molecule has 0 aromatic heterocycles. The molecule has 0 aromatic carbocycles. The van der Waals surface area contributed by atoms with Gasteiger partial charge in [0, 0.05) is 25.9 Å². The number of alkyl halides is 1. The summed E-state index contributed by atoms with van der Waals surface area (Å²) in [6.07, 6.45) is 0.639. The van der Waals surface area contributed by atoms with Crippen molar-refractivity contribution in [3.8, 4) is 0 Å². The van der Waals surface area contributed by atoms with Crippen molar-refractivity contribution in [2.24, 2.45) is 0 Å². The third kappa shape index (κ3) is 3.37. The molecule has 90 valence electrons. The van der Waals surface area contributed by atoms with E-state index in [0.29, 0.717) is 13.0 Å². The molecule has 4 amide bonds. The first kappa shape index (κ1) is 12.8. The molecule has 7 heteroatoms. The second-order valence-electron chi connectivity index (χ2n) is 3.56. The van der Waals surface area contributed by atoms with Crippen LogP contribution in [0.3, 0.4) is 0 Å². The Balaban J connectivity index is 2.35. The average Bonchev–Trinajstić information content (AvgIpc) is 2.50. The van der Waals surface area contributed by atoms with Gasteiger partial charge in [-0.25, -0.2) is 4.79 Å². The van der Waals surface area contributed by atoms with Gasteiger partial charge in [-0.05, 0) is 6.42 Å². The lowest BCUT2D eigenvalue weighted by Gasteiger charge is -2.12. The van der Waals surface area contributed by atoms with Crippen LogP contribution in [0.25, 0.3) is 0 Å². The number of hydrogen-bond acceptors (Lipinski definition) is 3. The van der Waals surface area contributed by atoms with Crippen LogP contribution >= 0.6 is 11.6 Å². The van der Waals surface area contributed by atoms with Crippen molar-refractivity contribution < 1.29 is 14.4 Å². The van der Waals surface area contributed by atoms with Gasteiger partial charge in [0.15, 0.2) is 0 Å². The molecule has 1 saturated heterocycles. The summed E-state index contributed by atoms with van der Waals surface area (Å²) >= 11 is 5.34. The number of likely N-dealkylation sites (tertiary alicyclic amines) is 1. The highest BCUT2D eigenvalue weighted by Crippen LogP contribution is 2.07.